The Labute approximate surface area is 429 Å². The molecule has 0 bridgehead atoms. The number of carbonyl (C=O) groups excluding carboxylic acids is 5. The van der Waals surface area contributed by atoms with E-state index < -0.39 is 10.8 Å². The van der Waals surface area contributed by atoms with Crippen LogP contribution in [0, 0.1) is 11.3 Å². The standard InChI is InChI=1S/C57H73N11O5/c1-4-56(18-26-65(27-19-56)53(71)37-16-24-64(25-17-37)48-14-9-39(34-58-48)43-12-15-49(69)62-52(43)70)54(72)66-28-20-57(21-29-66)44-13-8-38(30-47(44)68(55(57)73)42-31-41(32-42)63-22-6-5-7-23-63)45-33-46-50(67(35-59-46)36(2)3)51(61-45)60-40-10-11-40/h8-9,13-14,30,33-37,40-43H,4-7,10-12,15-29,31-32H2,1-3H3,(H,60,61)(H,62,69,70). The van der Waals surface area contributed by atoms with Gasteiger partial charge in [0.05, 0.1) is 34.3 Å². The SMILES string of the molecule is CCC1(C(=O)N2CCC3(CC2)C(=O)N(C2CC(N4CCCCC4)C2)c2cc(-c4cc5ncn(C(C)C)c5c(NC5CC5)n4)ccc23)CCN(C(=O)C2CCN(c3ccc(C4CCC(=O)NC4=O)cn3)CC2)CC1. The fraction of sp³-hybridized carbons (Fsp3) is 0.614. The first kappa shape index (κ1) is 48.1. The highest BCUT2D eigenvalue weighted by atomic mass is 16.2. The third-order valence-electron chi connectivity index (χ3n) is 18.7. The van der Waals surface area contributed by atoms with Gasteiger partial charge in [-0.05, 0) is 146 Å². The van der Waals surface area contributed by atoms with Crippen molar-refractivity contribution in [1.82, 2.24) is 39.5 Å². The lowest BCUT2D eigenvalue weighted by molar-refractivity contribution is -0.152. The summed E-state index contributed by atoms with van der Waals surface area (Å²) in [6, 6.07) is 13.9. The van der Waals surface area contributed by atoms with Gasteiger partial charge in [-0.25, -0.2) is 15.0 Å². The van der Waals surface area contributed by atoms with Crippen LogP contribution < -0.4 is 20.4 Å². The second-order valence-electron chi connectivity index (χ2n) is 23.2. The third kappa shape index (κ3) is 8.66. The minimum Gasteiger partial charge on any atom is -0.366 e. The van der Waals surface area contributed by atoms with Crippen LogP contribution in [0.25, 0.3) is 22.3 Å². The van der Waals surface area contributed by atoms with E-state index in [0.717, 1.165) is 109 Å². The van der Waals surface area contributed by atoms with E-state index in [1.807, 2.05) is 23.4 Å². The molecule has 386 valence electrons. The fourth-order valence-corrected chi connectivity index (χ4v) is 13.8. The quantitative estimate of drug-likeness (QED) is 0.144. The molecule has 5 saturated heterocycles. The maximum absolute atomic E-state index is 15.3. The van der Waals surface area contributed by atoms with Crippen LogP contribution in [0.1, 0.15) is 147 Å². The van der Waals surface area contributed by atoms with Crippen molar-refractivity contribution in [3.63, 3.8) is 0 Å². The monoisotopic (exact) mass is 992 g/mol. The zero-order valence-electron chi connectivity index (χ0n) is 43.1. The Morgan fingerprint density at radius 3 is 2.22 bits per heavy atom. The minimum atomic E-state index is -0.687. The number of nitrogens with zero attached hydrogens (tertiary/aromatic N) is 9. The van der Waals surface area contributed by atoms with Gasteiger partial charge in [0.25, 0.3) is 0 Å². The van der Waals surface area contributed by atoms with Crippen molar-refractivity contribution in [2.24, 2.45) is 11.3 Å². The second kappa shape index (κ2) is 19.1. The Bertz CT molecular complexity index is 2790. The molecule has 12 rings (SSSR count). The van der Waals surface area contributed by atoms with Crippen molar-refractivity contribution in [1.29, 1.82) is 0 Å². The summed E-state index contributed by atoms with van der Waals surface area (Å²) in [5.41, 5.74) is 5.49. The summed E-state index contributed by atoms with van der Waals surface area (Å²) >= 11 is 0. The Hall–Kier alpha value is -5.90. The molecule has 6 aliphatic heterocycles. The lowest BCUT2D eigenvalue weighted by atomic mass is 9.71. The molecule has 1 unspecified atom stereocenters. The number of likely N-dealkylation sites (tertiary alicyclic amines) is 3. The van der Waals surface area contributed by atoms with Crippen LogP contribution in [0.5, 0.6) is 0 Å². The van der Waals surface area contributed by atoms with Crippen molar-refractivity contribution in [2.45, 2.75) is 159 Å². The first-order chi connectivity index (χ1) is 35.4. The lowest BCUT2D eigenvalue weighted by Crippen LogP contribution is -2.59. The summed E-state index contributed by atoms with van der Waals surface area (Å²) in [4.78, 5) is 94.1. The van der Waals surface area contributed by atoms with Gasteiger partial charge in [-0.2, -0.15) is 0 Å². The Morgan fingerprint density at radius 1 is 0.808 bits per heavy atom. The maximum Gasteiger partial charge on any atom is 0.238 e. The van der Waals surface area contributed by atoms with Gasteiger partial charge in [-0.1, -0.05) is 31.5 Å². The van der Waals surface area contributed by atoms with Crippen LogP contribution in [-0.2, 0) is 29.4 Å². The number of aromatic nitrogens is 4. The molecule has 16 heteroatoms. The Kier molecular flexibility index (Phi) is 12.6. The predicted molar refractivity (Wildman–Crippen MR) is 280 cm³/mol. The van der Waals surface area contributed by atoms with Crippen LogP contribution in [0.2, 0.25) is 0 Å². The highest BCUT2D eigenvalue weighted by Crippen LogP contribution is 2.53. The van der Waals surface area contributed by atoms with Crippen LogP contribution in [-0.4, -0.2) is 134 Å². The van der Waals surface area contributed by atoms with E-state index in [9.17, 15) is 19.2 Å². The van der Waals surface area contributed by atoms with Gasteiger partial charge >= 0.3 is 0 Å². The van der Waals surface area contributed by atoms with Gasteiger partial charge in [0.2, 0.25) is 29.5 Å². The number of carbonyl (C=O) groups is 5. The van der Waals surface area contributed by atoms with Crippen LogP contribution >= 0.6 is 0 Å². The number of imidazole rings is 1. The normalized spacial score (nSPS) is 25.6. The average Bonchev–Trinajstić information content (AvgIpc) is 4.07. The molecule has 9 heterocycles. The molecule has 73 heavy (non-hydrogen) atoms. The van der Waals surface area contributed by atoms with E-state index in [-0.39, 0.29) is 53.5 Å². The van der Waals surface area contributed by atoms with Crippen molar-refractivity contribution >= 4 is 57.9 Å². The summed E-state index contributed by atoms with van der Waals surface area (Å²) in [5.74, 6) is 1.33. The van der Waals surface area contributed by atoms with E-state index in [1.165, 1.54) is 19.3 Å². The zero-order chi connectivity index (χ0) is 50.2. The number of benzene rings is 1. The topological polar surface area (TPSA) is 169 Å². The van der Waals surface area contributed by atoms with Crippen molar-refractivity contribution < 1.29 is 24.0 Å². The molecule has 3 aromatic heterocycles. The van der Waals surface area contributed by atoms with Gasteiger partial charge in [-0.3, -0.25) is 29.3 Å². The molecule has 2 aliphatic carbocycles. The first-order valence-corrected chi connectivity index (χ1v) is 27.9. The number of hydrogen-bond acceptors (Lipinski definition) is 11. The van der Waals surface area contributed by atoms with Crippen LogP contribution in [0.15, 0.2) is 48.9 Å². The van der Waals surface area contributed by atoms with Crippen molar-refractivity contribution in [3.8, 4) is 11.3 Å². The molecule has 1 atom stereocenters. The first-order valence-electron chi connectivity index (χ1n) is 27.9. The van der Waals surface area contributed by atoms with Gasteiger partial charge < -0.3 is 34.4 Å². The molecule has 1 aromatic carbocycles. The zero-order valence-corrected chi connectivity index (χ0v) is 43.1. The number of piperidine rings is 5. The maximum atomic E-state index is 15.3. The molecule has 7 fully saturated rings. The molecular weight excluding hydrogens is 919 g/mol. The number of anilines is 3. The molecule has 0 radical (unpaired) electrons. The number of nitrogens with one attached hydrogen (secondary N) is 2. The summed E-state index contributed by atoms with van der Waals surface area (Å²) in [6.45, 7) is 12.4. The van der Waals surface area contributed by atoms with Gasteiger partial charge in [0.15, 0.2) is 5.82 Å². The van der Waals surface area contributed by atoms with E-state index >= 15 is 4.79 Å². The number of fused-ring (bicyclic) bond motifs is 3. The average molecular weight is 992 g/mol. The van der Waals surface area contributed by atoms with Crippen LogP contribution in [0.4, 0.5) is 17.3 Å². The Balaban J connectivity index is 0.714. The molecule has 16 nitrogen and oxygen atoms in total. The van der Waals surface area contributed by atoms with Crippen molar-refractivity contribution in [3.05, 3.63) is 60.0 Å². The van der Waals surface area contributed by atoms with Gasteiger partial charge in [-0.15, -0.1) is 0 Å². The molecular formula is C57H73N11O5. The second-order valence-corrected chi connectivity index (χ2v) is 23.2. The van der Waals surface area contributed by atoms with Crippen molar-refractivity contribution in [2.75, 3.05) is 67.5 Å². The molecule has 1 spiro atoms. The number of rotatable bonds is 11. The summed E-state index contributed by atoms with van der Waals surface area (Å²) in [5, 5.41) is 6.14. The number of pyridine rings is 2. The van der Waals surface area contributed by atoms with Gasteiger partial charge in [0.1, 0.15) is 11.3 Å². The van der Waals surface area contributed by atoms with E-state index in [2.05, 4.69) is 84.8 Å². The Morgan fingerprint density at radius 2 is 1.55 bits per heavy atom. The summed E-state index contributed by atoms with van der Waals surface area (Å²) in [6.07, 6.45) is 17.2. The smallest absolute Gasteiger partial charge is 0.238 e. The fourth-order valence-electron chi connectivity index (χ4n) is 13.8. The lowest BCUT2D eigenvalue weighted by Gasteiger charge is -2.48. The highest BCUT2D eigenvalue weighted by Gasteiger charge is 2.57. The molecule has 8 aliphatic rings. The van der Waals surface area contributed by atoms with Gasteiger partial charge in [0, 0.05) is 93.2 Å². The number of amides is 5. The van der Waals surface area contributed by atoms with E-state index in [1.54, 1.807) is 6.20 Å². The minimum absolute atomic E-state index is 0.0727. The largest absolute Gasteiger partial charge is 0.366 e. The highest BCUT2D eigenvalue weighted by molar-refractivity contribution is 6.09. The molecule has 5 amide bonds. The van der Waals surface area contributed by atoms with Crippen LogP contribution in [0.3, 0.4) is 0 Å². The number of hydrogen-bond donors (Lipinski definition) is 2. The molecule has 2 saturated carbocycles. The van der Waals surface area contributed by atoms with E-state index in [4.69, 9.17) is 9.97 Å². The third-order valence-corrected chi connectivity index (χ3v) is 18.7. The predicted octanol–water partition coefficient (Wildman–Crippen LogP) is 7.33. The summed E-state index contributed by atoms with van der Waals surface area (Å²) in [7, 11) is 0. The van der Waals surface area contributed by atoms with E-state index in [0.29, 0.717) is 89.9 Å². The molecule has 2 N–H and O–H groups in total. The molecule has 4 aromatic rings. The summed E-state index contributed by atoms with van der Waals surface area (Å²) < 4.78 is 2.20. The number of imide groups is 1.